The molecule has 0 aliphatic carbocycles. The normalized spacial score (nSPS) is 12.1. The molecule has 0 unspecified atom stereocenters. The van der Waals surface area contributed by atoms with Crippen LogP contribution in [0, 0.1) is 22.9 Å². The van der Waals surface area contributed by atoms with E-state index in [2.05, 4.69) is 31.1 Å². The van der Waals surface area contributed by atoms with E-state index < -0.39 is 22.7 Å². The molecule has 182 valence electrons. The molecule has 0 bridgehead atoms. The van der Waals surface area contributed by atoms with Crippen LogP contribution in [-0.2, 0) is 13.0 Å². The largest absolute Gasteiger partial charge is 0.478 e. The van der Waals surface area contributed by atoms with Crippen molar-refractivity contribution in [2.75, 3.05) is 0 Å². The van der Waals surface area contributed by atoms with Crippen LogP contribution in [0.2, 0.25) is 5.15 Å². The fraction of sp³-hybridized carbons (Fsp3) is 0.261. The molecule has 3 heterocycles. The molecule has 0 spiro atoms. The van der Waals surface area contributed by atoms with Crippen LogP contribution in [0.25, 0.3) is 5.69 Å². The van der Waals surface area contributed by atoms with Gasteiger partial charge in [0.25, 0.3) is 0 Å². The van der Waals surface area contributed by atoms with Crippen LogP contribution in [0.3, 0.4) is 0 Å². The molecule has 0 saturated heterocycles. The molecular weight excluding hydrogens is 543 g/mol. The lowest BCUT2D eigenvalue weighted by Crippen LogP contribution is -2.12. The van der Waals surface area contributed by atoms with Crippen LogP contribution in [0.15, 0.2) is 47.2 Å². The summed E-state index contributed by atoms with van der Waals surface area (Å²) in [5, 5.41) is 20.7. The molecule has 0 aliphatic rings. The zero-order valence-corrected chi connectivity index (χ0v) is 21.4. The molecule has 0 fully saturated rings. The van der Waals surface area contributed by atoms with Crippen LogP contribution in [0.1, 0.15) is 42.5 Å². The summed E-state index contributed by atoms with van der Waals surface area (Å²) in [5.41, 5.74) is 3.44. The Labute approximate surface area is 213 Å². The molecule has 4 rings (SSSR count). The number of nitro groups is 1. The van der Waals surface area contributed by atoms with Gasteiger partial charge in [-0.25, -0.2) is 9.07 Å². The molecule has 4 aromatic rings. The Bertz CT molecular complexity index is 1410. The number of benzene rings is 1. The topological polar surface area (TPSA) is 101 Å². The lowest BCUT2D eigenvalue weighted by molar-refractivity contribution is -0.390. The fourth-order valence-corrected chi connectivity index (χ4v) is 4.26. The summed E-state index contributed by atoms with van der Waals surface area (Å²) in [7, 11) is 0. The van der Waals surface area contributed by atoms with Crippen LogP contribution in [-0.4, -0.2) is 29.5 Å². The van der Waals surface area contributed by atoms with Crippen molar-refractivity contribution in [3.63, 3.8) is 0 Å². The predicted octanol–water partition coefficient (Wildman–Crippen LogP) is 5.99. The Balaban J connectivity index is 1.74. The van der Waals surface area contributed by atoms with Gasteiger partial charge in [-0.2, -0.15) is 10.2 Å². The third-order valence-corrected chi connectivity index (χ3v) is 6.07. The highest BCUT2D eigenvalue weighted by molar-refractivity contribution is 9.10. The van der Waals surface area contributed by atoms with Gasteiger partial charge >= 0.3 is 5.82 Å². The molecule has 9 nitrogen and oxygen atoms in total. The van der Waals surface area contributed by atoms with Crippen molar-refractivity contribution in [1.29, 1.82) is 0 Å². The van der Waals surface area contributed by atoms with Gasteiger partial charge in [-0.3, -0.25) is 4.68 Å². The first kappa shape index (κ1) is 24.8. The molecule has 12 heteroatoms. The molecule has 0 N–H and O–H groups in total. The number of rotatable bonds is 8. The first-order chi connectivity index (χ1) is 16.7. The van der Waals surface area contributed by atoms with Gasteiger partial charge in [-0.15, -0.1) is 0 Å². The van der Waals surface area contributed by atoms with Crippen molar-refractivity contribution in [3.05, 3.63) is 90.8 Å². The van der Waals surface area contributed by atoms with Crippen molar-refractivity contribution in [3.8, 4) is 11.4 Å². The van der Waals surface area contributed by atoms with E-state index in [4.69, 9.17) is 16.3 Å². The van der Waals surface area contributed by atoms with Crippen molar-refractivity contribution >= 4 is 33.3 Å². The first-order valence-corrected chi connectivity index (χ1v) is 11.9. The van der Waals surface area contributed by atoms with E-state index in [1.165, 1.54) is 24.4 Å². The molecule has 3 aromatic heterocycles. The molecule has 35 heavy (non-hydrogen) atoms. The molecule has 1 atom stereocenters. The first-order valence-electron chi connectivity index (χ1n) is 10.7. The lowest BCUT2D eigenvalue weighted by atomic mass is 10.1. The standard InChI is InChI=1S/C23H21BrClFN6O3/c1-4-30-12-15(22(25)29-30)8-18-7-13(2)28-31(18)20-6-5-17(26)10-19(20)14(3)35-21-9-16(24)11-27-23(21)32(33)34/h5-7,9-12,14H,4,8H2,1-3H3/t14-/m1/s1. The van der Waals surface area contributed by atoms with E-state index in [0.717, 1.165) is 17.0 Å². The number of hydrogen-bond acceptors (Lipinski definition) is 6. The quantitative estimate of drug-likeness (QED) is 0.193. The Morgan fingerprint density at radius 3 is 2.74 bits per heavy atom. The van der Waals surface area contributed by atoms with E-state index >= 15 is 0 Å². The smallest absolute Gasteiger partial charge is 0.406 e. The number of ether oxygens (including phenoxy) is 1. The van der Waals surface area contributed by atoms with Crippen LogP contribution < -0.4 is 4.74 Å². The Morgan fingerprint density at radius 1 is 1.29 bits per heavy atom. The van der Waals surface area contributed by atoms with Gasteiger partial charge in [0.1, 0.15) is 11.9 Å². The molecule has 0 aliphatic heterocycles. The van der Waals surface area contributed by atoms with Crippen LogP contribution >= 0.6 is 27.5 Å². The predicted molar refractivity (Wildman–Crippen MR) is 132 cm³/mol. The summed E-state index contributed by atoms with van der Waals surface area (Å²) in [6.45, 7) is 6.20. The Hall–Kier alpha value is -3.31. The van der Waals surface area contributed by atoms with Gasteiger partial charge in [-0.1, -0.05) is 11.6 Å². The highest BCUT2D eigenvalue weighted by Crippen LogP contribution is 2.34. The van der Waals surface area contributed by atoms with Crippen molar-refractivity contribution in [1.82, 2.24) is 24.5 Å². The summed E-state index contributed by atoms with van der Waals surface area (Å²) in [4.78, 5) is 14.6. The second-order valence-electron chi connectivity index (χ2n) is 7.86. The molecule has 1 aromatic carbocycles. The third kappa shape index (κ3) is 5.35. The van der Waals surface area contributed by atoms with Crippen LogP contribution in [0.5, 0.6) is 5.75 Å². The summed E-state index contributed by atoms with van der Waals surface area (Å²) < 4.78 is 24.2. The molecular formula is C23H21BrClFN6O3. The second-order valence-corrected chi connectivity index (χ2v) is 9.14. The minimum absolute atomic E-state index is 0.0392. The number of halogens is 3. The summed E-state index contributed by atoms with van der Waals surface area (Å²) >= 11 is 9.58. The van der Waals surface area contributed by atoms with Gasteiger partial charge in [0.15, 0.2) is 11.3 Å². The zero-order chi connectivity index (χ0) is 25.3. The van der Waals surface area contributed by atoms with Gasteiger partial charge < -0.3 is 14.9 Å². The number of aromatic nitrogens is 5. The maximum atomic E-state index is 14.3. The summed E-state index contributed by atoms with van der Waals surface area (Å²) in [6.07, 6.45) is 2.88. The monoisotopic (exact) mass is 562 g/mol. The van der Waals surface area contributed by atoms with Gasteiger partial charge in [0.05, 0.1) is 15.9 Å². The van der Waals surface area contributed by atoms with Crippen LogP contribution in [0.4, 0.5) is 10.2 Å². The minimum atomic E-state index is -0.765. The van der Waals surface area contributed by atoms with Gasteiger partial charge in [-0.05, 0) is 70.9 Å². The van der Waals surface area contributed by atoms with E-state index in [1.54, 1.807) is 22.4 Å². The average molecular weight is 564 g/mol. The van der Waals surface area contributed by atoms with Crippen molar-refractivity contribution in [2.45, 2.75) is 39.8 Å². The van der Waals surface area contributed by atoms with Crippen molar-refractivity contribution < 1.29 is 14.1 Å². The molecule has 0 amide bonds. The van der Waals surface area contributed by atoms with Crippen molar-refractivity contribution in [2.24, 2.45) is 0 Å². The summed E-state index contributed by atoms with van der Waals surface area (Å²) in [6, 6.07) is 7.64. The fourth-order valence-electron chi connectivity index (χ4n) is 3.74. The minimum Gasteiger partial charge on any atom is -0.478 e. The molecule has 0 saturated carbocycles. The number of aryl methyl sites for hydroxylation is 2. The Morgan fingerprint density at radius 2 is 2.06 bits per heavy atom. The number of pyridine rings is 1. The average Bonchev–Trinajstić information content (AvgIpc) is 3.35. The second kappa shape index (κ2) is 10.1. The molecule has 0 radical (unpaired) electrons. The van der Waals surface area contributed by atoms with Gasteiger partial charge in [0, 0.05) is 42.0 Å². The highest BCUT2D eigenvalue weighted by atomic mass is 79.9. The van der Waals surface area contributed by atoms with Gasteiger partial charge in [0.2, 0.25) is 5.75 Å². The SMILES string of the molecule is CCn1cc(Cc2cc(C)nn2-c2ccc(F)cc2[C@@H](C)Oc2cc(Br)cnc2[N+](=O)[O-])c(Cl)n1. The number of nitrogens with zero attached hydrogens (tertiary/aromatic N) is 6. The van der Waals surface area contributed by atoms with E-state index in [-0.39, 0.29) is 5.75 Å². The lowest BCUT2D eigenvalue weighted by Gasteiger charge is -2.19. The number of hydrogen-bond donors (Lipinski definition) is 0. The third-order valence-electron chi connectivity index (χ3n) is 5.32. The van der Waals surface area contributed by atoms with E-state index in [0.29, 0.717) is 33.8 Å². The Kier molecular flexibility index (Phi) is 7.18. The maximum absolute atomic E-state index is 14.3. The highest BCUT2D eigenvalue weighted by Gasteiger charge is 2.24. The summed E-state index contributed by atoms with van der Waals surface area (Å²) in [5.74, 6) is -0.947. The van der Waals surface area contributed by atoms with E-state index in [9.17, 15) is 14.5 Å². The van der Waals surface area contributed by atoms with E-state index in [1.807, 2.05) is 26.1 Å². The maximum Gasteiger partial charge on any atom is 0.406 e. The zero-order valence-electron chi connectivity index (χ0n) is 19.1.